The maximum absolute atomic E-state index is 12.2. The van der Waals surface area contributed by atoms with Crippen LogP contribution in [0.15, 0.2) is 48.5 Å². The molecule has 0 atom stereocenters. The van der Waals surface area contributed by atoms with Crippen molar-refractivity contribution in [3.05, 3.63) is 59.7 Å². The lowest BCUT2D eigenvalue weighted by Crippen LogP contribution is -2.10. The summed E-state index contributed by atoms with van der Waals surface area (Å²) >= 11 is 0. The third-order valence-corrected chi connectivity index (χ3v) is 4.01. The van der Waals surface area contributed by atoms with E-state index >= 15 is 0 Å². The van der Waals surface area contributed by atoms with Gasteiger partial charge in [-0.2, -0.15) is 0 Å². The number of hydrogen-bond acceptors (Lipinski definition) is 5. The molecule has 0 heterocycles. The molecule has 29 heavy (non-hydrogen) atoms. The van der Waals surface area contributed by atoms with E-state index in [1.54, 1.807) is 49.6 Å². The van der Waals surface area contributed by atoms with Gasteiger partial charge in [0, 0.05) is 11.8 Å². The van der Waals surface area contributed by atoms with Gasteiger partial charge in [-0.1, -0.05) is 25.5 Å². The first-order valence-corrected chi connectivity index (χ1v) is 9.64. The SMILES string of the molecule is CCCCOC(=O)c1cccc(NC(=O)/C=C/c2ccc(OCC)c(OC)c2)c1. The quantitative estimate of drug-likeness (QED) is 0.357. The zero-order valence-electron chi connectivity index (χ0n) is 17.1. The van der Waals surface area contributed by atoms with Gasteiger partial charge >= 0.3 is 5.97 Å². The Kier molecular flexibility index (Phi) is 8.76. The fourth-order valence-corrected chi connectivity index (χ4v) is 2.53. The highest BCUT2D eigenvalue weighted by molar-refractivity contribution is 6.02. The monoisotopic (exact) mass is 397 g/mol. The van der Waals surface area contributed by atoms with E-state index in [-0.39, 0.29) is 5.91 Å². The smallest absolute Gasteiger partial charge is 0.338 e. The summed E-state index contributed by atoms with van der Waals surface area (Å²) in [5.41, 5.74) is 1.72. The molecule has 6 heteroatoms. The molecule has 154 valence electrons. The third kappa shape index (κ3) is 6.99. The van der Waals surface area contributed by atoms with Crippen LogP contribution in [0.4, 0.5) is 5.69 Å². The summed E-state index contributed by atoms with van der Waals surface area (Å²) in [5.74, 6) is 0.545. The van der Waals surface area contributed by atoms with Gasteiger partial charge in [-0.25, -0.2) is 4.79 Å². The van der Waals surface area contributed by atoms with Gasteiger partial charge in [0.2, 0.25) is 5.91 Å². The lowest BCUT2D eigenvalue weighted by atomic mass is 10.1. The largest absolute Gasteiger partial charge is 0.493 e. The van der Waals surface area contributed by atoms with E-state index < -0.39 is 5.97 Å². The number of benzene rings is 2. The number of rotatable bonds is 10. The number of ether oxygens (including phenoxy) is 3. The van der Waals surface area contributed by atoms with Gasteiger partial charge in [0.05, 0.1) is 25.9 Å². The van der Waals surface area contributed by atoms with Crippen molar-refractivity contribution in [1.29, 1.82) is 0 Å². The fourth-order valence-electron chi connectivity index (χ4n) is 2.53. The molecule has 0 bridgehead atoms. The van der Waals surface area contributed by atoms with Crippen LogP contribution in [0.5, 0.6) is 11.5 Å². The summed E-state index contributed by atoms with van der Waals surface area (Å²) in [7, 11) is 1.57. The van der Waals surface area contributed by atoms with Gasteiger partial charge in [0.25, 0.3) is 0 Å². The Labute approximate surface area is 171 Å². The number of methoxy groups -OCH3 is 1. The number of carbonyl (C=O) groups excluding carboxylic acids is 2. The molecule has 0 fully saturated rings. The highest BCUT2D eigenvalue weighted by Gasteiger charge is 2.08. The van der Waals surface area contributed by atoms with Crippen LogP contribution in [0.1, 0.15) is 42.6 Å². The zero-order chi connectivity index (χ0) is 21.1. The van der Waals surface area contributed by atoms with Crippen molar-refractivity contribution in [1.82, 2.24) is 0 Å². The normalized spacial score (nSPS) is 10.6. The van der Waals surface area contributed by atoms with E-state index in [2.05, 4.69) is 5.32 Å². The van der Waals surface area contributed by atoms with Crippen LogP contribution < -0.4 is 14.8 Å². The number of anilines is 1. The molecule has 6 nitrogen and oxygen atoms in total. The van der Waals surface area contributed by atoms with Crippen molar-refractivity contribution in [2.24, 2.45) is 0 Å². The van der Waals surface area contributed by atoms with Gasteiger partial charge in [0.15, 0.2) is 11.5 Å². The number of nitrogens with one attached hydrogen (secondary N) is 1. The van der Waals surface area contributed by atoms with Gasteiger partial charge < -0.3 is 19.5 Å². The molecule has 0 aliphatic rings. The van der Waals surface area contributed by atoms with Crippen molar-refractivity contribution in [3.63, 3.8) is 0 Å². The van der Waals surface area contributed by atoms with Crippen molar-refractivity contribution in [2.45, 2.75) is 26.7 Å². The predicted molar refractivity (Wildman–Crippen MR) is 113 cm³/mol. The molecule has 0 spiro atoms. The van der Waals surface area contributed by atoms with Crippen LogP contribution >= 0.6 is 0 Å². The zero-order valence-corrected chi connectivity index (χ0v) is 17.1. The summed E-state index contributed by atoms with van der Waals surface area (Å²) in [5, 5.41) is 2.75. The highest BCUT2D eigenvalue weighted by atomic mass is 16.5. The number of hydrogen-bond donors (Lipinski definition) is 1. The Morgan fingerprint density at radius 1 is 1.07 bits per heavy atom. The molecule has 0 aromatic heterocycles. The maximum Gasteiger partial charge on any atom is 0.338 e. The average Bonchev–Trinajstić information content (AvgIpc) is 2.73. The third-order valence-electron chi connectivity index (χ3n) is 4.01. The van der Waals surface area contributed by atoms with Crippen molar-refractivity contribution in [3.8, 4) is 11.5 Å². The molecule has 0 unspecified atom stereocenters. The molecule has 0 saturated heterocycles. The van der Waals surface area contributed by atoms with E-state index in [0.29, 0.717) is 36.0 Å². The van der Waals surface area contributed by atoms with E-state index in [1.807, 2.05) is 19.9 Å². The second-order valence-electron chi connectivity index (χ2n) is 6.24. The second-order valence-corrected chi connectivity index (χ2v) is 6.24. The first-order valence-electron chi connectivity index (χ1n) is 9.64. The first-order chi connectivity index (χ1) is 14.1. The molecule has 2 rings (SSSR count). The molecule has 0 aliphatic carbocycles. The van der Waals surface area contributed by atoms with Crippen LogP contribution in [0.25, 0.3) is 6.08 Å². The van der Waals surface area contributed by atoms with Gasteiger partial charge in [0.1, 0.15) is 0 Å². The van der Waals surface area contributed by atoms with Crippen LogP contribution in [-0.2, 0) is 9.53 Å². The summed E-state index contributed by atoms with van der Waals surface area (Å²) in [6.07, 6.45) is 4.87. The Hall–Kier alpha value is -3.28. The minimum absolute atomic E-state index is 0.311. The highest BCUT2D eigenvalue weighted by Crippen LogP contribution is 2.28. The average molecular weight is 397 g/mol. The lowest BCUT2D eigenvalue weighted by molar-refractivity contribution is -0.111. The van der Waals surface area contributed by atoms with Gasteiger partial charge in [-0.15, -0.1) is 0 Å². The van der Waals surface area contributed by atoms with Crippen LogP contribution in [0, 0.1) is 0 Å². The number of esters is 1. The molecule has 0 radical (unpaired) electrons. The predicted octanol–water partition coefficient (Wildman–Crippen LogP) is 4.70. The minimum atomic E-state index is -0.397. The number of unbranched alkanes of at least 4 members (excludes halogenated alkanes) is 1. The molecule has 2 aromatic carbocycles. The topological polar surface area (TPSA) is 73.9 Å². The second kappa shape index (κ2) is 11.5. The molecular formula is C23H27NO5. The first kappa shape index (κ1) is 22.0. The molecular weight excluding hydrogens is 370 g/mol. The van der Waals surface area contributed by atoms with Crippen molar-refractivity contribution >= 4 is 23.6 Å². The van der Waals surface area contributed by atoms with Crippen molar-refractivity contribution in [2.75, 3.05) is 25.6 Å². The number of carbonyl (C=O) groups is 2. The standard InChI is InChI=1S/C23H27NO5/c1-4-6-14-29-23(26)18-8-7-9-19(16-18)24-22(25)13-11-17-10-12-20(28-5-2)21(15-17)27-3/h7-13,15-16H,4-6,14H2,1-3H3,(H,24,25)/b13-11+. The Morgan fingerprint density at radius 3 is 2.62 bits per heavy atom. The van der Waals surface area contributed by atoms with Crippen molar-refractivity contribution < 1.29 is 23.8 Å². The minimum Gasteiger partial charge on any atom is -0.493 e. The summed E-state index contributed by atoms with van der Waals surface area (Å²) < 4.78 is 16.0. The van der Waals surface area contributed by atoms with E-state index in [4.69, 9.17) is 14.2 Å². The van der Waals surface area contributed by atoms with Gasteiger partial charge in [-0.3, -0.25) is 4.79 Å². The summed E-state index contributed by atoms with van der Waals surface area (Å²) in [6, 6.07) is 12.1. The Balaban J connectivity index is 2.00. The van der Waals surface area contributed by atoms with Crippen LogP contribution in [0.2, 0.25) is 0 Å². The van der Waals surface area contributed by atoms with E-state index in [0.717, 1.165) is 18.4 Å². The lowest BCUT2D eigenvalue weighted by Gasteiger charge is -2.09. The van der Waals surface area contributed by atoms with Crippen LogP contribution in [0.3, 0.4) is 0 Å². The van der Waals surface area contributed by atoms with Gasteiger partial charge in [-0.05, 0) is 55.3 Å². The molecule has 0 aliphatic heterocycles. The van der Waals surface area contributed by atoms with Crippen LogP contribution in [-0.4, -0.2) is 32.2 Å². The maximum atomic E-state index is 12.2. The Morgan fingerprint density at radius 2 is 1.90 bits per heavy atom. The molecule has 1 N–H and O–H groups in total. The summed E-state index contributed by atoms with van der Waals surface area (Å²) in [6.45, 7) is 4.86. The molecule has 1 amide bonds. The van der Waals surface area contributed by atoms with E-state index in [9.17, 15) is 9.59 Å². The molecule has 2 aromatic rings. The number of amides is 1. The summed E-state index contributed by atoms with van der Waals surface area (Å²) in [4.78, 5) is 24.3. The fraction of sp³-hybridized carbons (Fsp3) is 0.304. The Bertz CT molecular complexity index is 860. The van der Waals surface area contributed by atoms with E-state index in [1.165, 1.54) is 6.08 Å². The molecule has 0 saturated carbocycles.